The summed E-state index contributed by atoms with van der Waals surface area (Å²) in [4.78, 5) is 0. The van der Waals surface area contributed by atoms with Gasteiger partial charge in [0.15, 0.2) is 0 Å². The van der Waals surface area contributed by atoms with Crippen LogP contribution < -0.4 is 0 Å². The molecule has 0 bridgehead atoms. The van der Waals surface area contributed by atoms with Crippen LogP contribution in [0.15, 0.2) is 255 Å². The van der Waals surface area contributed by atoms with E-state index in [2.05, 4.69) is 284 Å². The zero-order valence-corrected chi connectivity index (χ0v) is 46.5. The molecule has 0 amide bonds. The van der Waals surface area contributed by atoms with Gasteiger partial charge in [-0.2, -0.15) is 0 Å². The van der Waals surface area contributed by atoms with Crippen LogP contribution in [0, 0.1) is 0 Å². The van der Waals surface area contributed by atoms with E-state index in [0.717, 1.165) is 12.0 Å². The van der Waals surface area contributed by atoms with Gasteiger partial charge >= 0.3 is 0 Å². The highest BCUT2D eigenvalue weighted by Gasteiger charge is 2.38. The van der Waals surface area contributed by atoms with Gasteiger partial charge in [-0.3, -0.25) is 0 Å². The van der Waals surface area contributed by atoms with Crippen molar-refractivity contribution in [3.63, 3.8) is 0 Å². The van der Waals surface area contributed by atoms with Gasteiger partial charge in [0.25, 0.3) is 0 Å². The smallest absolute Gasteiger partial charge is 0.0159 e. The standard InChI is InChI=1S/C80H62/c1-49-44-52(53-38-41-59-60-43-40-56(48-73(60)80(6,7)71(59)45-53)76-63-29-13-11-27-61(63)74(51-22-9-8-10-23-51)62-28-12-14-30-64(62)76)25-21-24-50-36-37-54(46-70(50)78(49,2)3)75-65-31-15-17-33-67(65)77(68-34-18-16-32-66(68)75)55-39-42-58-57-26-19-20-35-69(57)79(4,5)72(58)47-55/h8-23,25-48H,1,24H2,2-7H3/b25-21-,52-44+. The van der Waals surface area contributed by atoms with Crippen LogP contribution in [-0.2, 0) is 22.7 Å². The van der Waals surface area contributed by atoms with Gasteiger partial charge in [-0.25, -0.2) is 0 Å². The number of hydrogen-bond acceptors (Lipinski definition) is 0. The Labute approximate surface area is 470 Å². The lowest BCUT2D eigenvalue weighted by Gasteiger charge is -2.30. The number of rotatable bonds is 5. The average molecular weight is 1020 g/mol. The molecule has 0 fully saturated rings. The summed E-state index contributed by atoms with van der Waals surface area (Å²) in [6.45, 7) is 19.2. The van der Waals surface area contributed by atoms with E-state index >= 15 is 0 Å². The SMILES string of the molecule is C=C1/C=C(c2ccc3c(c2)C(C)(C)c2cc(-c4c5ccccc5c(-c5ccccc5)c5ccccc45)ccc2-3)\C=C/Cc2ccc(-c3c4ccccc4c(-c4ccc5c(c4)C(C)(C)c4ccccc4-5)c4ccccc34)cc2C1(C)C. The van der Waals surface area contributed by atoms with E-state index < -0.39 is 0 Å². The topological polar surface area (TPSA) is 0 Å². The molecule has 12 aromatic carbocycles. The Bertz CT molecular complexity index is 4580. The summed E-state index contributed by atoms with van der Waals surface area (Å²) in [5, 5.41) is 10.2. The van der Waals surface area contributed by atoms with E-state index in [-0.39, 0.29) is 16.2 Å². The molecule has 0 saturated heterocycles. The Morgan fingerprint density at radius 3 is 1.12 bits per heavy atom. The molecular formula is C80H62. The minimum Gasteiger partial charge on any atom is -0.0949 e. The molecule has 80 heavy (non-hydrogen) atoms. The normalized spacial score (nSPS) is 16.5. The summed E-state index contributed by atoms with van der Waals surface area (Å²) in [5.74, 6) is 0. The van der Waals surface area contributed by atoms with Crippen molar-refractivity contribution >= 4 is 48.7 Å². The zero-order chi connectivity index (χ0) is 54.2. The molecule has 0 N–H and O–H groups in total. The van der Waals surface area contributed by atoms with E-state index in [1.807, 2.05) is 0 Å². The van der Waals surface area contributed by atoms with Gasteiger partial charge in [-0.05, 0) is 191 Å². The summed E-state index contributed by atoms with van der Waals surface area (Å²) >= 11 is 0. The minimum absolute atomic E-state index is 0.0873. The highest BCUT2D eigenvalue weighted by atomic mass is 14.4. The molecule has 0 saturated carbocycles. The first-order chi connectivity index (χ1) is 38.9. The quantitative estimate of drug-likeness (QED) is 0.151. The van der Waals surface area contributed by atoms with Gasteiger partial charge in [0.05, 0.1) is 0 Å². The van der Waals surface area contributed by atoms with E-state index in [1.54, 1.807) is 0 Å². The first-order valence-electron chi connectivity index (χ1n) is 28.6. The molecule has 0 atom stereocenters. The van der Waals surface area contributed by atoms with Crippen LogP contribution in [0.4, 0.5) is 0 Å². The molecule has 0 heteroatoms. The van der Waals surface area contributed by atoms with Gasteiger partial charge in [-0.1, -0.05) is 267 Å². The predicted octanol–water partition coefficient (Wildman–Crippen LogP) is 21.6. The largest absolute Gasteiger partial charge is 0.0949 e. The lowest BCUT2D eigenvalue weighted by atomic mass is 9.74. The van der Waals surface area contributed by atoms with E-state index in [9.17, 15) is 0 Å². The number of hydrogen-bond donors (Lipinski definition) is 0. The summed E-state index contributed by atoms with van der Waals surface area (Å²) in [6, 6.07) is 84.8. The molecule has 0 unspecified atom stereocenters. The van der Waals surface area contributed by atoms with Crippen LogP contribution in [0.5, 0.6) is 0 Å². The summed E-state index contributed by atoms with van der Waals surface area (Å²) in [7, 11) is 0. The monoisotopic (exact) mass is 1020 g/mol. The minimum atomic E-state index is -0.362. The second-order valence-corrected chi connectivity index (χ2v) is 24.4. The first-order valence-corrected chi connectivity index (χ1v) is 28.6. The Balaban J connectivity index is 0.790. The fourth-order valence-corrected chi connectivity index (χ4v) is 14.6. The maximum absolute atomic E-state index is 4.91. The van der Waals surface area contributed by atoms with Gasteiger partial charge < -0.3 is 0 Å². The van der Waals surface area contributed by atoms with Crippen molar-refractivity contribution in [1.29, 1.82) is 0 Å². The maximum atomic E-state index is 4.91. The van der Waals surface area contributed by atoms with E-state index in [1.165, 1.54) is 154 Å². The van der Waals surface area contributed by atoms with E-state index in [0.29, 0.717) is 0 Å². The fraction of sp³-hybridized carbons (Fsp3) is 0.125. The highest BCUT2D eigenvalue weighted by Crippen LogP contribution is 2.54. The Kier molecular flexibility index (Phi) is 10.6. The molecule has 0 aromatic heterocycles. The van der Waals surface area contributed by atoms with Crippen LogP contribution in [0.25, 0.3) is 115 Å². The summed E-state index contributed by atoms with van der Waals surface area (Å²) in [6.07, 6.45) is 7.89. The third kappa shape index (κ3) is 7.07. The van der Waals surface area contributed by atoms with Crippen molar-refractivity contribution in [3.05, 3.63) is 294 Å². The van der Waals surface area contributed by atoms with Gasteiger partial charge in [0.2, 0.25) is 0 Å². The van der Waals surface area contributed by atoms with Crippen molar-refractivity contribution in [3.8, 4) is 66.8 Å². The van der Waals surface area contributed by atoms with Crippen molar-refractivity contribution in [2.75, 3.05) is 0 Å². The molecular weight excluding hydrogens is 961 g/mol. The molecule has 0 aliphatic heterocycles. The summed E-state index contributed by atoms with van der Waals surface area (Å²) in [5.41, 5.74) is 26.5. The van der Waals surface area contributed by atoms with Crippen molar-refractivity contribution in [2.45, 2.75) is 64.2 Å². The zero-order valence-electron chi connectivity index (χ0n) is 46.5. The Morgan fingerprint density at radius 1 is 0.300 bits per heavy atom. The first kappa shape index (κ1) is 48.1. The van der Waals surface area contributed by atoms with Crippen molar-refractivity contribution < 1.29 is 0 Å². The molecule has 3 aliphatic rings. The van der Waals surface area contributed by atoms with Crippen LogP contribution in [0.2, 0.25) is 0 Å². The molecule has 0 spiro atoms. The number of allylic oxidation sites excluding steroid dienone is 5. The lowest BCUT2D eigenvalue weighted by Crippen LogP contribution is -2.21. The second-order valence-electron chi connectivity index (χ2n) is 24.4. The third-order valence-corrected chi connectivity index (χ3v) is 18.9. The van der Waals surface area contributed by atoms with Crippen molar-refractivity contribution in [2.24, 2.45) is 0 Å². The van der Waals surface area contributed by atoms with Gasteiger partial charge in [0.1, 0.15) is 0 Å². The fourth-order valence-electron chi connectivity index (χ4n) is 14.6. The van der Waals surface area contributed by atoms with Crippen LogP contribution in [-0.4, -0.2) is 0 Å². The number of fused-ring (bicyclic) bond motifs is 11. The summed E-state index contributed by atoms with van der Waals surface area (Å²) < 4.78 is 0. The molecule has 0 nitrogen and oxygen atoms in total. The third-order valence-electron chi connectivity index (χ3n) is 18.9. The van der Waals surface area contributed by atoms with Crippen LogP contribution in [0.1, 0.15) is 80.5 Å². The number of benzene rings is 12. The van der Waals surface area contributed by atoms with Gasteiger partial charge in [-0.15, -0.1) is 0 Å². The Hall–Kier alpha value is -9.10. The molecule has 382 valence electrons. The molecule has 0 radical (unpaired) electrons. The predicted molar refractivity (Wildman–Crippen MR) is 343 cm³/mol. The Morgan fingerprint density at radius 2 is 0.650 bits per heavy atom. The highest BCUT2D eigenvalue weighted by molar-refractivity contribution is 6.23. The van der Waals surface area contributed by atoms with Gasteiger partial charge in [0, 0.05) is 16.2 Å². The van der Waals surface area contributed by atoms with E-state index in [4.69, 9.17) is 6.58 Å². The maximum Gasteiger partial charge on any atom is 0.0159 e. The molecule has 12 aromatic rings. The lowest BCUT2D eigenvalue weighted by molar-refractivity contribution is 0.636. The van der Waals surface area contributed by atoms with Crippen molar-refractivity contribution in [1.82, 2.24) is 0 Å². The molecule has 0 heterocycles. The van der Waals surface area contributed by atoms with Crippen LogP contribution in [0.3, 0.4) is 0 Å². The second kappa shape index (κ2) is 17.7. The average Bonchev–Trinajstić information content (AvgIpc) is 3.66. The van der Waals surface area contributed by atoms with Crippen LogP contribution >= 0.6 is 0 Å². The molecule has 15 rings (SSSR count). The molecule has 3 aliphatic carbocycles.